The predicted molar refractivity (Wildman–Crippen MR) is 65.7 cm³/mol. The molecule has 3 rings (SSSR count). The number of aromatic nitrogens is 2. The Morgan fingerprint density at radius 1 is 1.47 bits per heavy atom. The molecular formula is C12H12FN3O3. The molecule has 6 nitrogen and oxygen atoms in total. The Balaban J connectivity index is 2.33. The number of nitrogens with two attached hydrogens (primary N) is 1. The van der Waals surface area contributed by atoms with Gasteiger partial charge >= 0.3 is 0 Å². The number of benzene rings is 1. The molecule has 2 aromatic rings. The van der Waals surface area contributed by atoms with E-state index in [9.17, 15) is 4.39 Å². The highest BCUT2D eigenvalue weighted by molar-refractivity contribution is 5.85. The number of methoxy groups -OCH3 is 1. The largest absolute Gasteiger partial charge is 0.493 e. The van der Waals surface area contributed by atoms with Gasteiger partial charge in [0.25, 0.3) is 0 Å². The first-order chi connectivity index (χ1) is 9.13. The summed E-state index contributed by atoms with van der Waals surface area (Å²) in [5.41, 5.74) is 6.89. The summed E-state index contributed by atoms with van der Waals surface area (Å²) < 4.78 is 31.2. The van der Waals surface area contributed by atoms with Crippen LogP contribution in [0.1, 0.15) is 0 Å². The second kappa shape index (κ2) is 4.04. The second-order valence-electron chi connectivity index (χ2n) is 4.07. The zero-order valence-corrected chi connectivity index (χ0v) is 10.4. The molecule has 2 N–H and O–H groups in total. The number of rotatable bonds is 2. The molecule has 100 valence electrons. The average Bonchev–Trinajstić information content (AvgIpc) is 2.96. The third kappa shape index (κ3) is 1.58. The van der Waals surface area contributed by atoms with Crippen LogP contribution < -0.4 is 19.9 Å². The number of ether oxygens (including phenoxy) is 3. The lowest BCUT2D eigenvalue weighted by Crippen LogP contribution is -2.00. The molecule has 7 heteroatoms. The number of anilines is 1. The van der Waals surface area contributed by atoms with Crippen molar-refractivity contribution in [3.63, 3.8) is 0 Å². The van der Waals surface area contributed by atoms with E-state index in [-0.39, 0.29) is 12.5 Å². The van der Waals surface area contributed by atoms with E-state index in [0.29, 0.717) is 28.4 Å². The zero-order chi connectivity index (χ0) is 13.6. The number of nitrogens with zero attached hydrogens (tertiary/aromatic N) is 2. The van der Waals surface area contributed by atoms with Gasteiger partial charge in [-0.2, -0.15) is 5.10 Å². The predicted octanol–water partition coefficient (Wildman–Crippen LogP) is 1.55. The highest BCUT2D eigenvalue weighted by Gasteiger charge is 2.28. The number of hydrogen-bond acceptors (Lipinski definition) is 5. The summed E-state index contributed by atoms with van der Waals surface area (Å²) in [7, 11) is 3.08. The molecule has 19 heavy (non-hydrogen) atoms. The fourth-order valence-corrected chi connectivity index (χ4v) is 2.08. The van der Waals surface area contributed by atoms with Crippen molar-refractivity contribution >= 4 is 5.82 Å². The van der Waals surface area contributed by atoms with E-state index in [1.807, 2.05) is 0 Å². The average molecular weight is 265 g/mol. The van der Waals surface area contributed by atoms with E-state index in [0.717, 1.165) is 0 Å². The molecule has 1 aliphatic rings. The van der Waals surface area contributed by atoms with E-state index >= 15 is 0 Å². The second-order valence-corrected chi connectivity index (χ2v) is 4.07. The molecule has 0 amide bonds. The van der Waals surface area contributed by atoms with E-state index in [2.05, 4.69) is 5.10 Å². The molecule has 1 aromatic heterocycles. The van der Waals surface area contributed by atoms with Crippen LogP contribution in [0.5, 0.6) is 17.2 Å². The third-order valence-electron chi connectivity index (χ3n) is 3.03. The normalized spacial score (nSPS) is 12.8. The van der Waals surface area contributed by atoms with Crippen molar-refractivity contribution in [2.24, 2.45) is 7.05 Å². The van der Waals surface area contributed by atoms with Crippen molar-refractivity contribution in [3.8, 4) is 28.4 Å². The number of aryl methyl sites for hydroxylation is 1. The molecule has 0 spiro atoms. The maximum absolute atomic E-state index is 14.0. The summed E-state index contributed by atoms with van der Waals surface area (Å²) in [6.45, 7) is 0.0368. The van der Waals surface area contributed by atoms with Gasteiger partial charge in [0.15, 0.2) is 23.1 Å². The highest BCUT2D eigenvalue weighted by atomic mass is 19.1. The number of fused-ring (bicyclic) bond motifs is 1. The number of hydrogen-bond donors (Lipinski definition) is 1. The van der Waals surface area contributed by atoms with Gasteiger partial charge in [-0.1, -0.05) is 0 Å². The first-order valence-electron chi connectivity index (χ1n) is 5.57. The van der Waals surface area contributed by atoms with Crippen molar-refractivity contribution in [2.45, 2.75) is 0 Å². The molecule has 1 aromatic carbocycles. The molecule has 0 radical (unpaired) electrons. The minimum atomic E-state index is -0.537. The standard InChI is InChI=1S/C12H12FN3O3/c1-16-12(14)6(4-15-16)9-10(17-2)7(13)3-8-11(9)19-5-18-8/h3-4H,5,14H2,1-2H3. The van der Waals surface area contributed by atoms with Crippen LogP contribution in [-0.4, -0.2) is 23.7 Å². The minimum Gasteiger partial charge on any atom is -0.493 e. The van der Waals surface area contributed by atoms with Crippen LogP contribution in [0.2, 0.25) is 0 Å². The summed E-state index contributed by atoms with van der Waals surface area (Å²) in [6.07, 6.45) is 1.54. The van der Waals surface area contributed by atoms with Crippen molar-refractivity contribution in [1.82, 2.24) is 9.78 Å². The molecule has 0 aliphatic carbocycles. The Hall–Kier alpha value is -2.44. The topological polar surface area (TPSA) is 71.5 Å². The Labute approximate surface area is 108 Å². The molecule has 0 saturated carbocycles. The van der Waals surface area contributed by atoms with Crippen molar-refractivity contribution < 1.29 is 18.6 Å². The lowest BCUT2D eigenvalue weighted by atomic mass is 10.0. The van der Waals surface area contributed by atoms with Crippen LogP contribution in [0.15, 0.2) is 12.3 Å². The van der Waals surface area contributed by atoms with Gasteiger partial charge in [0.1, 0.15) is 5.82 Å². The quantitative estimate of drug-likeness (QED) is 0.891. The first kappa shape index (κ1) is 11.6. The fourth-order valence-electron chi connectivity index (χ4n) is 2.08. The summed E-state index contributed by atoms with van der Waals surface area (Å²) in [5, 5.41) is 4.04. The number of nitrogen functional groups attached to an aromatic ring is 1. The van der Waals surface area contributed by atoms with E-state index in [1.54, 1.807) is 7.05 Å². The van der Waals surface area contributed by atoms with Crippen molar-refractivity contribution in [2.75, 3.05) is 19.6 Å². The van der Waals surface area contributed by atoms with Crippen LogP contribution in [0.4, 0.5) is 10.2 Å². The number of halogens is 1. The summed E-state index contributed by atoms with van der Waals surface area (Å²) in [6, 6.07) is 1.23. The molecule has 0 atom stereocenters. The molecule has 0 saturated heterocycles. The highest BCUT2D eigenvalue weighted by Crippen LogP contribution is 2.49. The molecule has 0 bridgehead atoms. The van der Waals surface area contributed by atoms with Gasteiger partial charge in [0.2, 0.25) is 6.79 Å². The fraction of sp³-hybridized carbons (Fsp3) is 0.250. The van der Waals surface area contributed by atoms with Crippen LogP contribution in [0.3, 0.4) is 0 Å². The van der Waals surface area contributed by atoms with Gasteiger partial charge < -0.3 is 19.9 Å². The Kier molecular flexibility index (Phi) is 2.48. The molecule has 0 unspecified atom stereocenters. The van der Waals surface area contributed by atoms with Gasteiger partial charge in [0, 0.05) is 13.1 Å². The maximum atomic E-state index is 14.0. The zero-order valence-electron chi connectivity index (χ0n) is 10.4. The monoisotopic (exact) mass is 265 g/mol. The Bertz CT molecular complexity index is 650. The minimum absolute atomic E-state index is 0.0368. The van der Waals surface area contributed by atoms with Crippen LogP contribution in [-0.2, 0) is 7.05 Å². The van der Waals surface area contributed by atoms with Gasteiger partial charge in [0.05, 0.1) is 24.4 Å². The lowest BCUT2D eigenvalue weighted by Gasteiger charge is -2.12. The SMILES string of the molecule is COc1c(F)cc2c(c1-c1cnn(C)c1N)OCO2. The molecule has 0 fully saturated rings. The van der Waals surface area contributed by atoms with Crippen molar-refractivity contribution in [1.29, 1.82) is 0 Å². The first-order valence-corrected chi connectivity index (χ1v) is 5.57. The van der Waals surface area contributed by atoms with E-state index in [1.165, 1.54) is 24.1 Å². The Morgan fingerprint density at radius 2 is 2.26 bits per heavy atom. The van der Waals surface area contributed by atoms with Crippen LogP contribution in [0, 0.1) is 5.82 Å². The van der Waals surface area contributed by atoms with Gasteiger partial charge in [-0.25, -0.2) is 4.39 Å². The van der Waals surface area contributed by atoms with Crippen LogP contribution in [0.25, 0.3) is 11.1 Å². The molecular weight excluding hydrogens is 253 g/mol. The summed E-state index contributed by atoms with van der Waals surface area (Å²) in [4.78, 5) is 0. The van der Waals surface area contributed by atoms with Crippen LogP contribution >= 0.6 is 0 Å². The summed E-state index contributed by atoms with van der Waals surface area (Å²) in [5.74, 6) is 0.657. The van der Waals surface area contributed by atoms with E-state index in [4.69, 9.17) is 19.9 Å². The van der Waals surface area contributed by atoms with Crippen molar-refractivity contribution in [3.05, 3.63) is 18.1 Å². The van der Waals surface area contributed by atoms with Gasteiger partial charge in [-0.15, -0.1) is 0 Å². The third-order valence-corrected chi connectivity index (χ3v) is 3.03. The lowest BCUT2D eigenvalue weighted by molar-refractivity contribution is 0.174. The van der Waals surface area contributed by atoms with Gasteiger partial charge in [-0.05, 0) is 0 Å². The smallest absolute Gasteiger partial charge is 0.231 e. The maximum Gasteiger partial charge on any atom is 0.231 e. The molecule has 2 heterocycles. The summed E-state index contributed by atoms with van der Waals surface area (Å²) >= 11 is 0. The molecule has 1 aliphatic heterocycles. The Morgan fingerprint density at radius 3 is 2.89 bits per heavy atom. The van der Waals surface area contributed by atoms with Gasteiger partial charge in [-0.3, -0.25) is 4.68 Å². The van der Waals surface area contributed by atoms with E-state index < -0.39 is 5.82 Å².